The molecule has 1 atom stereocenters. The van der Waals surface area contributed by atoms with Crippen LogP contribution >= 0.6 is 0 Å². The maximum Gasteiger partial charge on any atom is 0.233 e. The van der Waals surface area contributed by atoms with Crippen LogP contribution in [-0.4, -0.2) is 55.2 Å². The predicted molar refractivity (Wildman–Crippen MR) is 121 cm³/mol. The van der Waals surface area contributed by atoms with Crippen LogP contribution in [0.5, 0.6) is 0 Å². The highest BCUT2D eigenvalue weighted by Crippen LogP contribution is 2.35. The molecule has 2 aliphatic rings. The van der Waals surface area contributed by atoms with Crippen LogP contribution in [0.25, 0.3) is 0 Å². The largest absolute Gasteiger partial charge is 0.356 e. The second-order valence-corrected chi connectivity index (χ2v) is 9.32. The second-order valence-electron chi connectivity index (χ2n) is 9.32. The fraction of sp³-hybridized carbons (Fsp3) is 0.875. The zero-order chi connectivity index (χ0) is 23.4. The van der Waals surface area contributed by atoms with Crippen molar-refractivity contribution in [2.24, 2.45) is 17.3 Å². The Morgan fingerprint density at radius 3 is 2.16 bits per heavy atom. The van der Waals surface area contributed by atoms with Gasteiger partial charge in [-0.15, -0.1) is 0 Å². The first-order valence-electron chi connectivity index (χ1n) is 12.1. The van der Waals surface area contributed by atoms with E-state index in [0.29, 0.717) is 6.54 Å². The van der Waals surface area contributed by atoms with E-state index in [-0.39, 0.29) is 61.2 Å². The number of likely N-dealkylation sites (tertiary alicyclic amines) is 1. The smallest absolute Gasteiger partial charge is 0.233 e. The molecule has 180 valence electrons. The monoisotopic (exact) mass is 440 g/mol. The van der Waals surface area contributed by atoms with Crippen LogP contribution in [0.1, 0.15) is 86.5 Å². The van der Waals surface area contributed by atoms with Gasteiger partial charge in [-0.25, -0.2) is 0 Å². The summed E-state index contributed by atoms with van der Waals surface area (Å²) in [4.78, 5) is 38.3. The molecular weight excluding hydrogens is 396 g/mol. The minimum absolute atomic E-state index is 0.0573. The Hall–Kier alpha value is -1.47. The number of imide groups is 1. The van der Waals surface area contributed by atoms with Gasteiger partial charge in [0.05, 0.1) is 31.6 Å². The summed E-state index contributed by atoms with van der Waals surface area (Å²) < 4.78 is 11.3. The normalized spacial score (nSPS) is 24.1. The molecule has 1 unspecified atom stereocenters. The Balaban J connectivity index is 0.00000233. The third-order valence-electron chi connectivity index (χ3n) is 5.79. The number of hydrogen-bond acceptors (Lipinski definition) is 5. The van der Waals surface area contributed by atoms with Gasteiger partial charge in [-0.05, 0) is 11.8 Å². The summed E-state index contributed by atoms with van der Waals surface area (Å²) >= 11 is 0. The summed E-state index contributed by atoms with van der Waals surface area (Å²) in [5, 5.41) is 2.95. The SMILES string of the molecule is CC.CCCCCCCCNC(=O)C1COC(CN2C(=O)CC(C(C)(C)C)C2=O)OC1. The Morgan fingerprint density at radius 1 is 1.03 bits per heavy atom. The van der Waals surface area contributed by atoms with Crippen LogP contribution in [0, 0.1) is 17.3 Å². The van der Waals surface area contributed by atoms with E-state index in [2.05, 4.69) is 12.2 Å². The summed E-state index contributed by atoms with van der Waals surface area (Å²) in [6, 6.07) is 0. The molecule has 0 spiro atoms. The molecule has 0 saturated carbocycles. The Bertz CT molecular complexity index is 565. The van der Waals surface area contributed by atoms with Crippen molar-refractivity contribution in [3.63, 3.8) is 0 Å². The van der Waals surface area contributed by atoms with Crippen LogP contribution < -0.4 is 5.32 Å². The Morgan fingerprint density at radius 2 is 1.61 bits per heavy atom. The highest BCUT2D eigenvalue weighted by atomic mass is 16.7. The van der Waals surface area contributed by atoms with E-state index in [4.69, 9.17) is 9.47 Å². The van der Waals surface area contributed by atoms with Gasteiger partial charge in [-0.1, -0.05) is 73.6 Å². The molecule has 7 heteroatoms. The molecule has 31 heavy (non-hydrogen) atoms. The first-order chi connectivity index (χ1) is 14.7. The van der Waals surface area contributed by atoms with Gasteiger partial charge in [-0.2, -0.15) is 0 Å². The second kappa shape index (κ2) is 13.8. The van der Waals surface area contributed by atoms with Crippen molar-refractivity contribution >= 4 is 17.7 Å². The van der Waals surface area contributed by atoms with Crippen LogP contribution in [-0.2, 0) is 23.9 Å². The van der Waals surface area contributed by atoms with E-state index < -0.39 is 6.29 Å². The van der Waals surface area contributed by atoms with Crippen LogP contribution in [0.15, 0.2) is 0 Å². The standard InChI is InChI=1S/C22H38N2O5.C2H6/c1-5-6-7-8-9-10-11-23-20(26)16-14-28-19(29-15-16)13-24-18(25)12-17(21(24)27)22(2,3)4;1-2/h16-17,19H,5-15H2,1-4H3,(H,23,26);1-2H3. The van der Waals surface area contributed by atoms with E-state index in [1.807, 2.05) is 34.6 Å². The molecular formula is C24H44N2O5. The molecule has 2 heterocycles. The maximum atomic E-state index is 12.6. The molecule has 0 aromatic rings. The fourth-order valence-electron chi connectivity index (χ4n) is 3.76. The average Bonchev–Trinajstić information content (AvgIpc) is 3.03. The number of ether oxygens (including phenoxy) is 2. The number of carbonyl (C=O) groups excluding carboxylic acids is 3. The lowest BCUT2D eigenvalue weighted by atomic mass is 9.80. The summed E-state index contributed by atoms with van der Waals surface area (Å²) in [6.45, 7) is 13.4. The molecule has 2 aliphatic heterocycles. The topological polar surface area (TPSA) is 84.9 Å². The zero-order valence-electron chi connectivity index (χ0n) is 20.5. The minimum Gasteiger partial charge on any atom is -0.356 e. The van der Waals surface area contributed by atoms with E-state index >= 15 is 0 Å². The number of nitrogens with one attached hydrogen (secondary N) is 1. The predicted octanol–water partition coefficient (Wildman–Crippen LogP) is 3.90. The van der Waals surface area contributed by atoms with Gasteiger partial charge in [-0.3, -0.25) is 19.3 Å². The van der Waals surface area contributed by atoms with Crippen LogP contribution in [0.4, 0.5) is 0 Å². The molecule has 0 radical (unpaired) electrons. The molecule has 0 aliphatic carbocycles. The number of rotatable bonds is 10. The highest BCUT2D eigenvalue weighted by molar-refractivity contribution is 6.03. The van der Waals surface area contributed by atoms with E-state index in [9.17, 15) is 14.4 Å². The van der Waals surface area contributed by atoms with Crippen molar-refractivity contribution < 1.29 is 23.9 Å². The third kappa shape index (κ3) is 8.89. The van der Waals surface area contributed by atoms with E-state index in [0.717, 1.165) is 12.8 Å². The third-order valence-corrected chi connectivity index (χ3v) is 5.79. The van der Waals surface area contributed by atoms with E-state index in [1.165, 1.54) is 30.6 Å². The van der Waals surface area contributed by atoms with Crippen molar-refractivity contribution in [1.82, 2.24) is 10.2 Å². The van der Waals surface area contributed by atoms with Crippen molar-refractivity contribution in [2.45, 2.75) is 92.8 Å². The summed E-state index contributed by atoms with van der Waals surface area (Å²) in [7, 11) is 0. The lowest BCUT2D eigenvalue weighted by Crippen LogP contribution is -2.47. The molecule has 1 N–H and O–H groups in total. The van der Waals surface area contributed by atoms with Crippen molar-refractivity contribution in [3.8, 4) is 0 Å². The molecule has 2 rings (SSSR count). The molecule has 0 aromatic heterocycles. The number of amides is 3. The lowest BCUT2D eigenvalue weighted by molar-refractivity contribution is -0.208. The molecule has 2 saturated heterocycles. The summed E-state index contributed by atoms with van der Waals surface area (Å²) in [6.07, 6.45) is 6.67. The number of hydrogen-bond donors (Lipinski definition) is 1. The zero-order valence-corrected chi connectivity index (χ0v) is 20.5. The minimum atomic E-state index is -0.663. The van der Waals surface area contributed by atoms with Crippen LogP contribution in [0.2, 0.25) is 0 Å². The van der Waals surface area contributed by atoms with Gasteiger partial charge in [0.25, 0.3) is 0 Å². The summed E-state index contributed by atoms with van der Waals surface area (Å²) in [5.74, 6) is -1.05. The molecule has 3 amide bonds. The molecule has 2 fully saturated rings. The fourth-order valence-corrected chi connectivity index (χ4v) is 3.76. The summed E-state index contributed by atoms with van der Waals surface area (Å²) in [5.41, 5.74) is -0.255. The molecule has 0 aromatic carbocycles. The highest BCUT2D eigenvalue weighted by Gasteiger charge is 2.45. The van der Waals surface area contributed by atoms with Gasteiger partial charge in [0.2, 0.25) is 17.7 Å². The van der Waals surface area contributed by atoms with Crippen LogP contribution in [0.3, 0.4) is 0 Å². The number of unbranched alkanes of at least 4 members (excludes halogenated alkanes) is 5. The van der Waals surface area contributed by atoms with E-state index in [1.54, 1.807) is 0 Å². The first kappa shape index (κ1) is 27.6. The number of carbonyl (C=O) groups is 3. The number of nitrogens with zero attached hydrogens (tertiary/aromatic N) is 1. The van der Waals surface area contributed by atoms with Gasteiger partial charge in [0, 0.05) is 13.0 Å². The Labute approximate surface area is 188 Å². The van der Waals surface area contributed by atoms with Gasteiger partial charge in [0.1, 0.15) is 0 Å². The van der Waals surface area contributed by atoms with Crippen molar-refractivity contribution in [3.05, 3.63) is 0 Å². The average molecular weight is 441 g/mol. The van der Waals surface area contributed by atoms with Crippen molar-refractivity contribution in [2.75, 3.05) is 26.3 Å². The Kier molecular flexibility index (Phi) is 12.3. The van der Waals surface area contributed by atoms with Crippen molar-refractivity contribution in [1.29, 1.82) is 0 Å². The molecule has 7 nitrogen and oxygen atoms in total. The lowest BCUT2D eigenvalue weighted by Gasteiger charge is -2.31. The van der Waals surface area contributed by atoms with Gasteiger partial charge in [0.15, 0.2) is 6.29 Å². The van der Waals surface area contributed by atoms with Gasteiger partial charge >= 0.3 is 0 Å². The maximum absolute atomic E-state index is 12.6. The first-order valence-corrected chi connectivity index (χ1v) is 12.1. The molecule has 0 bridgehead atoms. The quantitative estimate of drug-likeness (QED) is 0.411. The van der Waals surface area contributed by atoms with Gasteiger partial charge < -0.3 is 14.8 Å².